The molecule has 10 nitrogen and oxygen atoms in total. The normalized spacial score (nSPS) is 15.6. The molecular formula is C30H45N7O3S2. The minimum Gasteiger partial charge on any atom is -0.349 e. The Morgan fingerprint density at radius 2 is 1.74 bits per heavy atom. The highest BCUT2D eigenvalue weighted by molar-refractivity contribution is 7.89. The highest BCUT2D eigenvalue weighted by atomic mass is 32.2. The number of nitrogens with zero attached hydrogens (tertiary/aromatic N) is 4. The number of hydrogen-bond acceptors (Lipinski definition) is 8. The van der Waals surface area contributed by atoms with Crippen molar-refractivity contribution in [3.8, 4) is 10.4 Å². The molecule has 0 saturated heterocycles. The van der Waals surface area contributed by atoms with Crippen LogP contribution in [0.4, 0.5) is 0 Å². The fourth-order valence-corrected chi connectivity index (χ4v) is 8.16. The first-order valence-corrected chi connectivity index (χ1v) is 17.0. The van der Waals surface area contributed by atoms with E-state index in [-0.39, 0.29) is 10.8 Å². The van der Waals surface area contributed by atoms with Crippen LogP contribution in [0.3, 0.4) is 0 Å². The Morgan fingerprint density at radius 1 is 1.05 bits per heavy atom. The van der Waals surface area contributed by atoms with E-state index in [1.54, 1.807) is 6.07 Å². The van der Waals surface area contributed by atoms with E-state index in [0.29, 0.717) is 23.3 Å². The quantitative estimate of drug-likeness (QED) is 0.287. The lowest BCUT2D eigenvalue weighted by Crippen LogP contribution is -2.41. The Kier molecular flexibility index (Phi) is 9.30. The predicted octanol–water partition coefficient (Wildman–Crippen LogP) is 5.53. The molecule has 1 aromatic carbocycles. The molecule has 230 valence electrons. The van der Waals surface area contributed by atoms with E-state index in [1.807, 2.05) is 67.5 Å². The molecule has 1 aliphatic rings. The Morgan fingerprint density at radius 3 is 2.33 bits per heavy atom. The van der Waals surface area contributed by atoms with E-state index in [4.69, 9.17) is 4.98 Å². The summed E-state index contributed by atoms with van der Waals surface area (Å²) in [6.45, 7) is 15.8. The number of tetrazole rings is 1. The van der Waals surface area contributed by atoms with Gasteiger partial charge in [-0.1, -0.05) is 72.8 Å². The van der Waals surface area contributed by atoms with Gasteiger partial charge in [-0.15, -0.1) is 16.4 Å². The van der Waals surface area contributed by atoms with Gasteiger partial charge in [-0.25, -0.2) is 23.2 Å². The third-order valence-electron chi connectivity index (χ3n) is 7.56. The van der Waals surface area contributed by atoms with Crippen LogP contribution in [0.1, 0.15) is 114 Å². The number of rotatable bonds is 9. The summed E-state index contributed by atoms with van der Waals surface area (Å²) < 4.78 is 29.7. The van der Waals surface area contributed by atoms with Crippen molar-refractivity contribution in [3.63, 3.8) is 0 Å². The maximum Gasteiger partial charge on any atom is 0.280 e. The van der Waals surface area contributed by atoms with Gasteiger partial charge in [0.25, 0.3) is 5.91 Å². The minimum absolute atomic E-state index is 0.249. The number of sulfonamides is 1. The van der Waals surface area contributed by atoms with Crippen LogP contribution in [-0.4, -0.2) is 52.0 Å². The Balaban J connectivity index is 1.72. The number of aromatic nitrogens is 5. The van der Waals surface area contributed by atoms with Gasteiger partial charge >= 0.3 is 0 Å². The van der Waals surface area contributed by atoms with Crippen molar-refractivity contribution < 1.29 is 13.2 Å². The first-order chi connectivity index (χ1) is 19.5. The van der Waals surface area contributed by atoms with E-state index in [0.717, 1.165) is 41.0 Å². The molecule has 1 saturated carbocycles. The summed E-state index contributed by atoms with van der Waals surface area (Å²) in [6.07, 6.45) is 6.79. The van der Waals surface area contributed by atoms with Crippen molar-refractivity contribution in [2.75, 3.05) is 6.54 Å². The highest BCUT2D eigenvalue weighted by Crippen LogP contribution is 2.39. The first kappa shape index (κ1) is 32.2. The van der Waals surface area contributed by atoms with Crippen molar-refractivity contribution in [2.45, 2.75) is 115 Å². The summed E-state index contributed by atoms with van der Waals surface area (Å²) in [6, 6.07) is 5.52. The second-order valence-electron chi connectivity index (χ2n) is 14.1. The Labute approximate surface area is 253 Å². The average Bonchev–Trinajstić information content (AvgIpc) is 3.57. The van der Waals surface area contributed by atoms with Gasteiger partial charge in [-0.05, 0) is 72.2 Å². The minimum atomic E-state index is -3.75. The van der Waals surface area contributed by atoms with Crippen molar-refractivity contribution in [1.29, 1.82) is 0 Å². The molecule has 1 fully saturated rings. The largest absolute Gasteiger partial charge is 0.349 e. The van der Waals surface area contributed by atoms with Crippen LogP contribution in [0.25, 0.3) is 10.4 Å². The fourth-order valence-electron chi connectivity index (χ4n) is 5.33. The summed E-state index contributed by atoms with van der Waals surface area (Å²) in [5.41, 5.74) is 0.964. The Hall–Kier alpha value is -2.70. The molecule has 3 N–H and O–H groups in total. The van der Waals surface area contributed by atoms with Crippen LogP contribution < -0.4 is 10.0 Å². The summed E-state index contributed by atoms with van der Waals surface area (Å²) in [5, 5.41) is 17.5. The lowest BCUT2D eigenvalue weighted by Gasteiger charge is -2.27. The first-order valence-electron chi connectivity index (χ1n) is 14.7. The lowest BCUT2D eigenvalue weighted by molar-refractivity contribution is 0.0944. The Bertz CT molecular complexity index is 1490. The second-order valence-corrected chi connectivity index (χ2v) is 16.8. The third kappa shape index (κ3) is 7.82. The van der Waals surface area contributed by atoms with Crippen molar-refractivity contribution in [2.24, 2.45) is 5.92 Å². The molecule has 42 heavy (non-hydrogen) atoms. The maximum atomic E-state index is 13.4. The van der Waals surface area contributed by atoms with Gasteiger partial charge in [0.1, 0.15) is 0 Å². The molecule has 0 spiro atoms. The number of amides is 1. The summed E-state index contributed by atoms with van der Waals surface area (Å²) in [4.78, 5) is 19.5. The van der Waals surface area contributed by atoms with Crippen molar-refractivity contribution in [1.82, 2.24) is 35.6 Å². The summed E-state index contributed by atoms with van der Waals surface area (Å²) in [7, 11) is -3.75. The van der Waals surface area contributed by atoms with Crippen LogP contribution in [0.2, 0.25) is 0 Å². The number of carbonyl (C=O) groups is 1. The summed E-state index contributed by atoms with van der Waals surface area (Å²) in [5.74, 6) is 0.860. The smallest absolute Gasteiger partial charge is 0.280 e. The zero-order valence-electron chi connectivity index (χ0n) is 26.1. The number of benzene rings is 1. The highest BCUT2D eigenvalue weighted by Gasteiger charge is 2.31. The van der Waals surface area contributed by atoms with E-state index in [2.05, 4.69) is 30.7 Å². The molecule has 0 atom stereocenters. The molecule has 1 aliphatic carbocycles. The molecule has 2 heterocycles. The molecule has 0 unspecified atom stereocenters. The number of hydrogen-bond donors (Lipinski definition) is 3. The van der Waals surface area contributed by atoms with Gasteiger partial charge in [-0.2, -0.15) is 0 Å². The van der Waals surface area contributed by atoms with Crippen LogP contribution in [0.5, 0.6) is 0 Å². The van der Waals surface area contributed by atoms with Gasteiger partial charge < -0.3 is 5.32 Å². The lowest BCUT2D eigenvalue weighted by atomic mass is 9.84. The predicted molar refractivity (Wildman–Crippen MR) is 166 cm³/mol. The van der Waals surface area contributed by atoms with Crippen LogP contribution in [0.15, 0.2) is 23.1 Å². The maximum absolute atomic E-state index is 13.4. The van der Waals surface area contributed by atoms with Gasteiger partial charge in [-0.3, -0.25) is 4.79 Å². The number of carbonyl (C=O) groups excluding carboxylic acids is 1. The van der Waals surface area contributed by atoms with Crippen molar-refractivity contribution >= 4 is 27.3 Å². The standard InChI is InChI=1S/C30H45N7O3S2/c1-28(2,3)21-17-20(14-15-23(21)42(39,40)35-29(4,5)6)24-22(16-19-12-10-9-11-13-19)32-26(41-24)25(38)31-18-30(7,8)27-33-36-37-34-27/h14-15,17,19,35H,9-13,16,18H2,1-8H3,(H,31,38)(H,33,34,36,37). The van der Waals surface area contributed by atoms with Gasteiger partial charge in [0.15, 0.2) is 10.8 Å². The van der Waals surface area contributed by atoms with E-state index in [9.17, 15) is 13.2 Å². The molecular weight excluding hydrogens is 571 g/mol. The van der Waals surface area contributed by atoms with Crippen LogP contribution >= 0.6 is 11.3 Å². The topological polar surface area (TPSA) is 143 Å². The number of thiazole rings is 1. The molecule has 2 aromatic heterocycles. The second kappa shape index (κ2) is 12.1. The fraction of sp³-hybridized carbons (Fsp3) is 0.633. The van der Waals surface area contributed by atoms with Gasteiger partial charge in [0.05, 0.1) is 15.5 Å². The SMILES string of the molecule is CC(C)(C)NS(=O)(=O)c1ccc(-c2sc(C(=O)NCC(C)(C)c3nnn[nH]3)nc2CC2CCCCC2)cc1C(C)(C)C. The van der Waals surface area contributed by atoms with Crippen LogP contribution in [-0.2, 0) is 27.3 Å². The van der Waals surface area contributed by atoms with E-state index < -0.39 is 26.4 Å². The molecule has 1 amide bonds. The molecule has 4 rings (SSSR count). The van der Waals surface area contributed by atoms with Gasteiger partial charge in [0, 0.05) is 17.5 Å². The molecule has 0 bridgehead atoms. The molecule has 12 heteroatoms. The van der Waals surface area contributed by atoms with Crippen LogP contribution in [0, 0.1) is 5.92 Å². The molecule has 0 radical (unpaired) electrons. The molecule has 0 aliphatic heterocycles. The zero-order chi connectivity index (χ0) is 30.9. The molecule has 3 aromatic rings. The van der Waals surface area contributed by atoms with Gasteiger partial charge in [0.2, 0.25) is 10.0 Å². The number of nitrogens with one attached hydrogen (secondary N) is 3. The summed E-state index contributed by atoms with van der Waals surface area (Å²) >= 11 is 1.36. The third-order valence-corrected chi connectivity index (χ3v) is 10.5. The van der Waals surface area contributed by atoms with E-state index >= 15 is 0 Å². The zero-order valence-corrected chi connectivity index (χ0v) is 27.7. The number of aromatic amines is 1. The number of H-pyrrole nitrogens is 1. The van der Waals surface area contributed by atoms with Crippen molar-refractivity contribution in [3.05, 3.63) is 40.3 Å². The monoisotopic (exact) mass is 615 g/mol. The average molecular weight is 616 g/mol. The van der Waals surface area contributed by atoms with E-state index in [1.165, 1.54) is 30.6 Å².